The molecular weight excluding hydrogens is 579 g/mol. The first kappa shape index (κ1) is 31.0. The van der Waals surface area contributed by atoms with Gasteiger partial charge in [-0.2, -0.15) is 0 Å². The summed E-state index contributed by atoms with van der Waals surface area (Å²) in [6.07, 6.45) is -0.322. The van der Waals surface area contributed by atoms with Gasteiger partial charge in [-0.25, -0.2) is 14.2 Å². The maximum absolute atomic E-state index is 13.4. The number of aromatic nitrogens is 2. The SMILES string of the molecule is CCNCc1ccc2c(=O)n(-c3ccc(C[C@H](NC(=O)c4c(Cl)cccc4Cl)C(=O)OC(C)C)cc3)c(=O)n(C)c2c1. The van der Waals surface area contributed by atoms with Crippen molar-refractivity contribution in [2.45, 2.75) is 45.9 Å². The van der Waals surface area contributed by atoms with Gasteiger partial charge < -0.3 is 15.4 Å². The van der Waals surface area contributed by atoms with Gasteiger partial charge in [-0.3, -0.25) is 14.2 Å². The van der Waals surface area contributed by atoms with Crippen molar-refractivity contribution in [3.05, 3.63) is 108 Å². The van der Waals surface area contributed by atoms with Crippen LogP contribution in [0.4, 0.5) is 0 Å². The molecule has 9 nitrogen and oxygen atoms in total. The second-order valence-electron chi connectivity index (χ2n) is 10.1. The summed E-state index contributed by atoms with van der Waals surface area (Å²) >= 11 is 12.4. The number of hydrogen-bond acceptors (Lipinski definition) is 6. The van der Waals surface area contributed by atoms with Gasteiger partial charge in [0.25, 0.3) is 11.5 Å². The fourth-order valence-corrected chi connectivity index (χ4v) is 5.14. The summed E-state index contributed by atoms with van der Waals surface area (Å²) in [4.78, 5) is 52.6. The zero-order valence-corrected chi connectivity index (χ0v) is 25.3. The number of ether oxygens (including phenoxy) is 1. The number of nitrogens with one attached hydrogen (secondary N) is 2. The number of amides is 1. The molecule has 11 heteroatoms. The fraction of sp³-hybridized carbons (Fsp3) is 0.290. The molecule has 1 heterocycles. The van der Waals surface area contributed by atoms with E-state index < -0.39 is 35.3 Å². The first-order valence-electron chi connectivity index (χ1n) is 13.5. The molecule has 1 amide bonds. The lowest BCUT2D eigenvalue weighted by molar-refractivity contribution is -0.149. The van der Waals surface area contributed by atoms with Crippen molar-refractivity contribution in [2.75, 3.05) is 6.54 Å². The lowest BCUT2D eigenvalue weighted by Crippen LogP contribution is -2.44. The normalized spacial score (nSPS) is 12.0. The molecule has 0 saturated heterocycles. The number of fused-ring (bicyclic) bond motifs is 1. The number of carbonyl (C=O) groups excluding carboxylic acids is 2. The number of carbonyl (C=O) groups is 2. The molecule has 4 aromatic rings. The van der Waals surface area contributed by atoms with E-state index in [9.17, 15) is 19.2 Å². The number of hydrogen-bond donors (Lipinski definition) is 2. The Morgan fingerprint density at radius 1 is 0.952 bits per heavy atom. The minimum absolute atomic E-state index is 0.0544. The molecule has 0 aliphatic rings. The number of rotatable bonds is 10. The van der Waals surface area contributed by atoms with Crippen LogP contribution >= 0.6 is 23.2 Å². The van der Waals surface area contributed by atoms with E-state index in [4.69, 9.17) is 27.9 Å². The Bertz CT molecular complexity index is 1730. The molecule has 1 aromatic heterocycles. The molecule has 0 aliphatic heterocycles. The second-order valence-corrected chi connectivity index (χ2v) is 10.9. The molecule has 220 valence electrons. The van der Waals surface area contributed by atoms with E-state index >= 15 is 0 Å². The minimum atomic E-state index is -1.05. The molecule has 2 N–H and O–H groups in total. The number of esters is 1. The lowest BCUT2D eigenvalue weighted by atomic mass is 10.0. The van der Waals surface area contributed by atoms with E-state index in [2.05, 4.69) is 10.6 Å². The first-order valence-corrected chi connectivity index (χ1v) is 14.3. The highest BCUT2D eigenvalue weighted by Crippen LogP contribution is 2.24. The largest absolute Gasteiger partial charge is 0.461 e. The van der Waals surface area contributed by atoms with Crippen molar-refractivity contribution in [3.63, 3.8) is 0 Å². The van der Waals surface area contributed by atoms with Gasteiger partial charge >= 0.3 is 11.7 Å². The zero-order valence-electron chi connectivity index (χ0n) is 23.7. The van der Waals surface area contributed by atoms with E-state index in [0.29, 0.717) is 28.7 Å². The summed E-state index contributed by atoms with van der Waals surface area (Å²) in [5.74, 6) is -1.24. The lowest BCUT2D eigenvalue weighted by Gasteiger charge is -2.20. The van der Waals surface area contributed by atoms with E-state index in [-0.39, 0.29) is 22.0 Å². The van der Waals surface area contributed by atoms with Crippen molar-refractivity contribution in [1.82, 2.24) is 19.8 Å². The standard InChI is InChI=1S/C31H32Cl2N4O5/c1-5-34-17-20-11-14-22-26(16-20)36(4)31(41)37(29(22)39)21-12-9-19(10-13-21)15-25(30(40)42-18(2)3)35-28(38)27-23(32)7-6-8-24(27)33/h6-14,16,18,25,34H,5,15,17H2,1-4H3,(H,35,38)/t25-/m0/s1. The Morgan fingerprint density at radius 2 is 1.60 bits per heavy atom. The molecule has 0 aliphatic carbocycles. The maximum Gasteiger partial charge on any atom is 0.335 e. The second kappa shape index (κ2) is 13.4. The molecule has 0 bridgehead atoms. The molecule has 0 fully saturated rings. The van der Waals surface area contributed by atoms with Crippen LogP contribution in [0.1, 0.15) is 42.3 Å². The highest BCUT2D eigenvalue weighted by Gasteiger charge is 2.26. The summed E-state index contributed by atoms with van der Waals surface area (Å²) < 4.78 is 7.94. The van der Waals surface area contributed by atoms with Crippen LogP contribution in [0, 0.1) is 0 Å². The molecule has 4 rings (SSSR count). The van der Waals surface area contributed by atoms with Gasteiger partial charge in [-0.15, -0.1) is 0 Å². The molecule has 0 radical (unpaired) electrons. The van der Waals surface area contributed by atoms with Crippen LogP contribution in [0.5, 0.6) is 0 Å². The van der Waals surface area contributed by atoms with Gasteiger partial charge in [-0.05, 0) is 67.9 Å². The first-order chi connectivity index (χ1) is 20.0. The summed E-state index contributed by atoms with van der Waals surface area (Å²) in [6.45, 7) is 6.85. The predicted molar refractivity (Wildman–Crippen MR) is 165 cm³/mol. The van der Waals surface area contributed by atoms with E-state index in [0.717, 1.165) is 16.7 Å². The Morgan fingerprint density at radius 3 is 2.21 bits per heavy atom. The molecule has 42 heavy (non-hydrogen) atoms. The van der Waals surface area contributed by atoms with Crippen molar-refractivity contribution in [2.24, 2.45) is 7.05 Å². The van der Waals surface area contributed by atoms with Gasteiger partial charge in [0.1, 0.15) is 6.04 Å². The van der Waals surface area contributed by atoms with Gasteiger partial charge in [-0.1, -0.05) is 54.4 Å². The van der Waals surface area contributed by atoms with Crippen molar-refractivity contribution in [3.8, 4) is 5.69 Å². The zero-order chi connectivity index (χ0) is 30.6. The Labute approximate surface area is 253 Å². The maximum atomic E-state index is 13.4. The van der Waals surface area contributed by atoms with Crippen molar-refractivity contribution < 1.29 is 14.3 Å². The van der Waals surface area contributed by atoms with Crippen LogP contribution < -0.4 is 21.9 Å². The van der Waals surface area contributed by atoms with Gasteiger partial charge in [0.05, 0.1) is 38.3 Å². The van der Waals surface area contributed by atoms with Crippen LogP contribution in [0.25, 0.3) is 16.6 Å². The molecule has 1 atom stereocenters. The van der Waals surface area contributed by atoms with E-state index in [1.807, 2.05) is 19.1 Å². The van der Waals surface area contributed by atoms with E-state index in [1.165, 1.54) is 16.7 Å². The average Bonchev–Trinajstić information content (AvgIpc) is 2.95. The third-order valence-corrected chi connectivity index (χ3v) is 7.31. The Kier molecular flexibility index (Phi) is 9.88. The van der Waals surface area contributed by atoms with Crippen molar-refractivity contribution in [1.29, 1.82) is 0 Å². The van der Waals surface area contributed by atoms with Crippen LogP contribution in [0.15, 0.2) is 70.3 Å². The quantitative estimate of drug-likeness (QED) is 0.257. The molecule has 3 aromatic carbocycles. The summed E-state index contributed by atoms with van der Waals surface area (Å²) in [5, 5.41) is 6.64. The van der Waals surface area contributed by atoms with Crippen molar-refractivity contribution >= 4 is 46.0 Å². The summed E-state index contributed by atoms with van der Waals surface area (Å²) in [6, 6.07) is 15.7. The molecule has 0 saturated carbocycles. The minimum Gasteiger partial charge on any atom is -0.461 e. The smallest absolute Gasteiger partial charge is 0.335 e. The van der Waals surface area contributed by atoms with Gasteiger partial charge in [0, 0.05) is 20.0 Å². The van der Waals surface area contributed by atoms with Crippen LogP contribution in [-0.4, -0.2) is 39.7 Å². The summed E-state index contributed by atoms with van der Waals surface area (Å²) in [7, 11) is 1.63. The Hall–Kier alpha value is -3.92. The molecule has 0 spiro atoms. The number of benzene rings is 3. The number of halogens is 2. The number of nitrogens with zero attached hydrogens (tertiary/aromatic N) is 2. The average molecular weight is 612 g/mol. The van der Waals surface area contributed by atoms with Gasteiger partial charge in [0.2, 0.25) is 0 Å². The highest BCUT2D eigenvalue weighted by molar-refractivity contribution is 6.39. The third-order valence-electron chi connectivity index (χ3n) is 6.68. The van der Waals surface area contributed by atoms with Gasteiger partial charge in [0.15, 0.2) is 0 Å². The topological polar surface area (TPSA) is 111 Å². The Balaban J connectivity index is 1.64. The monoisotopic (exact) mass is 610 g/mol. The number of aryl methyl sites for hydroxylation is 1. The molecular formula is C31H32Cl2N4O5. The van der Waals surface area contributed by atoms with Crippen LogP contribution in [0.3, 0.4) is 0 Å². The predicted octanol–water partition coefficient (Wildman–Crippen LogP) is 4.40. The third kappa shape index (κ3) is 6.75. The molecule has 0 unspecified atom stereocenters. The van der Waals surface area contributed by atoms with Crippen LogP contribution in [-0.2, 0) is 29.5 Å². The van der Waals surface area contributed by atoms with E-state index in [1.54, 1.807) is 57.3 Å². The summed E-state index contributed by atoms with van der Waals surface area (Å²) in [5.41, 5.74) is 1.69. The fourth-order valence-electron chi connectivity index (χ4n) is 4.57. The van der Waals surface area contributed by atoms with Crippen LogP contribution in [0.2, 0.25) is 10.0 Å². The highest BCUT2D eigenvalue weighted by atomic mass is 35.5.